The Labute approximate surface area is 202 Å². The van der Waals surface area contributed by atoms with Crippen LogP contribution in [0.25, 0.3) is 0 Å². The third kappa shape index (κ3) is 7.21. The highest BCUT2D eigenvalue weighted by molar-refractivity contribution is 5.77. The highest BCUT2D eigenvalue weighted by Gasteiger charge is 2.33. The number of phenolic OH excluding ortho intramolecular Hbond substituents is 1. The van der Waals surface area contributed by atoms with Crippen molar-refractivity contribution >= 4 is 12.3 Å². The zero-order valence-corrected chi connectivity index (χ0v) is 20.3. The quantitative estimate of drug-likeness (QED) is 0.357. The van der Waals surface area contributed by atoms with E-state index in [0.29, 0.717) is 24.0 Å². The van der Waals surface area contributed by atoms with Crippen molar-refractivity contribution in [2.45, 2.75) is 71.6 Å². The number of carboxylic acid groups (broad SMARTS) is 1. The Kier molecular flexibility index (Phi) is 8.91. The molecule has 0 bridgehead atoms. The summed E-state index contributed by atoms with van der Waals surface area (Å²) < 4.78 is 6.03. The standard InChI is InChI=1S/C21H28O3.C8H8O2/c1-16-13-19(8-6-18(16)7-9-20(22)23)24-15-17-5-4-12-21(14-17)10-2-3-11-21;1-6-4-8(10)3-2-7(6)5-9/h6,8,13-14H,2-5,7,9-12,15H2,1H3,(H,22,23);2-5,10H,1H3. The maximum absolute atomic E-state index is 10.7. The molecule has 0 amide bonds. The molecule has 34 heavy (non-hydrogen) atoms. The summed E-state index contributed by atoms with van der Waals surface area (Å²) in [5, 5.41) is 17.7. The Morgan fingerprint density at radius 2 is 1.76 bits per heavy atom. The van der Waals surface area contributed by atoms with Gasteiger partial charge in [0.15, 0.2) is 0 Å². The molecule has 2 aromatic carbocycles. The number of hydrogen-bond donors (Lipinski definition) is 2. The van der Waals surface area contributed by atoms with E-state index in [1.54, 1.807) is 19.1 Å². The van der Waals surface area contributed by atoms with Crippen LogP contribution in [-0.4, -0.2) is 29.1 Å². The summed E-state index contributed by atoms with van der Waals surface area (Å²) in [6.45, 7) is 4.50. The van der Waals surface area contributed by atoms with Crippen LogP contribution in [0.5, 0.6) is 11.5 Å². The van der Waals surface area contributed by atoms with Gasteiger partial charge in [0.05, 0.1) is 0 Å². The van der Waals surface area contributed by atoms with Gasteiger partial charge in [0, 0.05) is 12.0 Å². The van der Waals surface area contributed by atoms with Crippen molar-refractivity contribution in [3.63, 3.8) is 0 Å². The summed E-state index contributed by atoms with van der Waals surface area (Å²) in [5.41, 5.74) is 5.56. The number of aldehydes is 1. The number of allylic oxidation sites excluding steroid dienone is 1. The second-order valence-corrected chi connectivity index (χ2v) is 9.66. The summed E-state index contributed by atoms with van der Waals surface area (Å²) in [4.78, 5) is 21.0. The minimum absolute atomic E-state index is 0.177. The van der Waals surface area contributed by atoms with Gasteiger partial charge in [-0.05, 0) is 110 Å². The molecule has 0 unspecified atom stereocenters. The largest absolute Gasteiger partial charge is 0.508 e. The smallest absolute Gasteiger partial charge is 0.303 e. The fraction of sp³-hybridized carbons (Fsp3) is 0.448. The Balaban J connectivity index is 0.000000271. The molecule has 0 aliphatic heterocycles. The molecular weight excluding hydrogens is 428 g/mol. The van der Waals surface area contributed by atoms with Crippen molar-refractivity contribution in [3.05, 3.63) is 70.3 Å². The second-order valence-electron chi connectivity index (χ2n) is 9.66. The maximum atomic E-state index is 10.7. The number of aliphatic carboxylic acids is 1. The summed E-state index contributed by atoms with van der Waals surface area (Å²) in [6, 6.07) is 10.7. The Morgan fingerprint density at radius 3 is 2.41 bits per heavy atom. The molecule has 0 atom stereocenters. The van der Waals surface area contributed by atoms with E-state index in [0.717, 1.165) is 35.1 Å². The van der Waals surface area contributed by atoms with Gasteiger partial charge in [-0.25, -0.2) is 0 Å². The molecule has 2 aliphatic rings. The highest BCUT2D eigenvalue weighted by atomic mass is 16.5. The molecule has 0 saturated heterocycles. The van der Waals surface area contributed by atoms with Crippen molar-refractivity contribution < 1.29 is 24.5 Å². The van der Waals surface area contributed by atoms with Gasteiger partial charge in [0.25, 0.3) is 0 Å². The van der Waals surface area contributed by atoms with Crippen molar-refractivity contribution in [3.8, 4) is 11.5 Å². The number of carbonyl (C=O) groups excluding carboxylic acids is 1. The monoisotopic (exact) mass is 464 g/mol. The number of ether oxygens (including phenoxy) is 1. The molecule has 0 aromatic heterocycles. The van der Waals surface area contributed by atoms with Gasteiger partial charge in [-0.3, -0.25) is 9.59 Å². The van der Waals surface area contributed by atoms with Crippen molar-refractivity contribution in [2.24, 2.45) is 5.41 Å². The number of rotatable bonds is 7. The predicted molar refractivity (Wildman–Crippen MR) is 134 cm³/mol. The molecular formula is C29H36O5. The Hall–Kier alpha value is -3.08. The van der Waals surface area contributed by atoms with E-state index in [4.69, 9.17) is 14.9 Å². The molecule has 1 fully saturated rings. The molecule has 5 nitrogen and oxygen atoms in total. The molecule has 0 radical (unpaired) electrons. The van der Waals surface area contributed by atoms with Gasteiger partial charge in [-0.15, -0.1) is 0 Å². The van der Waals surface area contributed by atoms with Gasteiger partial charge >= 0.3 is 5.97 Å². The highest BCUT2D eigenvalue weighted by Crippen LogP contribution is 2.47. The number of hydrogen-bond acceptors (Lipinski definition) is 4. The number of phenols is 1. The number of benzene rings is 2. The molecule has 2 aromatic rings. The summed E-state index contributed by atoms with van der Waals surface area (Å²) >= 11 is 0. The van der Waals surface area contributed by atoms with Crippen LogP contribution in [0.4, 0.5) is 0 Å². The molecule has 1 spiro atoms. The molecule has 182 valence electrons. The third-order valence-corrected chi connectivity index (χ3v) is 7.01. The number of aryl methyl sites for hydroxylation is 3. The molecule has 2 N–H and O–H groups in total. The van der Waals surface area contributed by atoms with E-state index in [1.807, 2.05) is 25.1 Å². The minimum atomic E-state index is -0.750. The number of carbonyl (C=O) groups is 2. The van der Waals surface area contributed by atoms with Gasteiger partial charge in [0.2, 0.25) is 0 Å². The Morgan fingerprint density at radius 1 is 1.03 bits per heavy atom. The van der Waals surface area contributed by atoms with Crippen LogP contribution in [0.15, 0.2) is 48.0 Å². The third-order valence-electron chi connectivity index (χ3n) is 7.01. The van der Waals surface area contributed by atoms with Crippen LogP contribution in [0.1, 0.15) is 78.4 Å². The van der Waals surface area contributed by atoms with E-state index < -0.39 is 5.97 Å². The van der Waals surface area contributed by atoms with E-state index in [2.05, 4.69) is 6.08 Å². The van der Waals surface area contributed by atoms with Crippen molar-refractivity contribution in [1.29, 1.82) is 0 Å². The van der Waals surface area contributed by atoms with Gasteiger partial charge in [-0.2, -0.15) is 0 Å². The van der Waals surface area contributed by atoms with Crippen LogP contribution < -0.4 is 4.74 Å². The topological polar surface area (TPSA) is 83.8 Å². The average molecular weight is 465 g/mol. The molecule has 5 heteroatoms. The van der Waals surface area contributed by atoms with Gasteiger partial charge in [0.1, 0.15) is 24.4 Å². The first kappa shape index (κ1) is 25.5. The van der Waals surface area contributed by atoms with Crippen LogP contribution in [-0.2, 0) is 11.2 Å². The average Bonchev–Trinajstić information content (AvgIpc) is 3.25. The van der Waals surface area contributed by atoms with E-state index >= 15 is 0 Å². The van der Waals surface area contributed by atoms with Crippen LogP contribution in [0, 0.1) is 19.3 Å². The van der Waals surface area contributed by atoms with Gasteiger partial charge in [-0.1, -0.05) is 25.0 Å². The second kappa shape index (κ2) is 11.9. The zero-order valence-electron chi connectivity index (χ0n) is 20.3. The number of carboxylic acids is 1. The van der Waals surface area contributed by atoms with Crippen LogP contribution in [0.2, 0.25) is 0 Å². The predicted octanol–water partition coefficient (Wildman–Crippen LogP) is 6.57. The zero-order chi connectivity index (χ0) is 24.6. The van der Waals surface area contributed by atoms with E-state index in [1.165, 1.54) is 50.2 Å². The number of aromatic hydroxyl groups is 1. The lowest BCUT2D eigenvalue weighted by Crippen LogP contribution is -2.19. The first-order chi connectivity index (χ1) is 16.3. The molecule has 1 saturated carbocycles. The SMILES string of the molecule is Cc1cc(O)ccc1C=O.Cc1cc(OCC2=CC3(CCCC3)CCC2)ccc1CCC(=O)O. The first-order valence-electron chi connectivity index (χ1n) is 12.2. The maximum Gasteiger partial charge on any atom is 0.303 e. The minimum Gasteiger partial charge on any atom is -0.508 e. The normalized spacial score (nSPS) is 16.4. The van der Waals surface area contributed by atoms with Crippen molar-refractivity contribution in [2.75, 3.05) is 6.61 Å². The summed E-state index contributed by atoms with van der Waals surface area (Å²) in [7, 11) is 0. The van der Waals surface area contributed by atoms with Crippen molar-refractivity contribution in [1.82, 2.24) is 0 Å². The molecule has 0 heterocycles. The lowest BCUT2D eigenvalue weighted by molar-refractivity contribution is -0.136. The molecule has 2 aliphatic carbocycles. The lowest BCUT2D eigenvalue weighted by Gasteiger charge is -2.31. The summed E-state index contributed by atoms with van der Waals surface area (Å²) in [6.07, 6.45) is 13.3. The lowest BCUT2D eigenvalue weighted by atomic mass is 9.75. The Bertz CT molecular complexity index is 1030. The fourth-order valence-electron chi connectivity index (χ4n) is 5.08. The van der Waals surface area contributed by atoms with Gasteiger partial charge < -0.3 is 14.9 Å². The van der Waals surface area contributed by atoms with E-state index in [-0.39, 0.29) is 12.2 Å². The van der Waals surface area contributed by atoms with Crippen LogP contribution in [0.3, 0.4) is 0 Å². The first-order valence-corrected chi connectivity index (χ1v) is 12.2. The summed E-state index contributed by atoms with van der Waals surface area (Å²) in [5.74, 6) is 0.335. The van der Waals surface area contributed by atoms with E-state index in [9.17, 15) is 9.59 Å². The van der Waals surface area contributed by atoms with Crippen LogP contribution >= 0.6 is 0 Å². The molecule has 4 rings (SSSR count). The fourth-order valence-corrected chi connectivity index (χ4v) is 5.08.